The number of nitrogens with zero attached hydrogens (tertiary/aromatic N) is 2. The van der Waals surface area contributed by atoms with Crippen LogP contribution in [0.25, 0.3) is 0 Å². The number of rotatable bonds is 5. The Balaban J connectivity index is 2.05. The number of aliphatic hydroxyl groups excluding tert-OH is 1. The highest BCUT2D eigenvalue weighted by Gasteiger charge is 2.30. The molecule has 3 nitrogen and oxygen atoms in total. The molecule has 2 rings (SSSR count). The van der Waals surface area contributed by atoms with E-state index in [9.17, 15) is 5.11 Å². The molecule has 1 saturated carbocycles. The Kier molecular flexibility index (Phi) is 5.13. The Morgan fingerprint density at radius 2 is 2.22 bits per heavy atom. The third kappa shape index (κ3) is 3.09. The van der Waals surface area contributed by atoms with Crippen molar-refractivity contribution in [1.29, 1.82) is 0 Å². The molecular formula is C14H24N2OS. The maximum absolute atomic E-state index is 10.6. The van der Waals surface area contributed by atoms with Gasteiger partial charge in [0.15, 0.2) is 0 Å². The molecule has 0 aliphatic heterocycles. The summed E-state index contributed by atoms with van der Waals surface area (Å²) in [5.74, 6) is 1.22. The van der Waals surface area contributed by atoms with E-state index in [1.165, 1.54) is 37.2 Å². The van der Waals surface area contributed by atoms with Crippen molar-refractivity contribution in [2.24, 2.45) is 11.8 Å². The summed E-state index contributed by atoms with van der Waals surface area (Å²) in [4.78, 5) is 1.03. The van der Waals surface area contributed by atoms with Crippen LogP contribution >= 0.6 is 11.5 Å². The Bertz CT molecular complexity index is 366. The van der Waals surface area contributed by atoms with Crippen LogP contribution in [-0.2, 0) is 6.42 Å². The van der Waals surface area contributed by atoms with E-state index in [2.05, 4.69) is 23.4 Å². The quantitative estimate of drug-likeness (QED) is 0.885. The van der Waals surface area contributed by atoms with Gasteiger partial charge in [0.1, 0.15) is 0 Å². The van der Waals surface area contributed by atoms with Crippen LogP contribution in [-0.4, -0.2) is 14.7 Å². The van der Waals surface area contributed by atoms with Gasteiger partial charge in [-0.2, -0.15) is 0 Å². The Labute approximate surface area is 114 Å². The third-order valence-corrected chi connectivity index (χ3v) is 5.02. The van der Waals surface area contributed by atoms with E-state index in [4.69, 9.17) is 0 Å². The fourth-order valence-electron chi connectivity index (χ4n) is 3.05. The van der Waals surface area contributed by atoms with E-state index in [-0.39, 0.29) is 6.10 Å². The van der Waals surface area contributed by atoms with E-state index in [1.54, 1.807) is 0 Å². The van der Waals surface area contributed by atoms with Crippen LogP contribution in [0.5, 0.6) is 0 Å². The number of aryl methyl sites for hydroxylation is 1. The smallest absolute Gasteiger partial charge is 0.0945 e. The van der Waals surface area contributed by atoms with E-state index in [1.807, 2.05) is 0 Å². The monoisotopic (exact) mass is 268 g/mol. The molecule has 4 heteroatoms. The fourth-order valence-corrected chi connectivity index (χ4v) is 3.83. The van der Waals surface area contributed by atoms with Crippen molar-refractivity contribution in [3.8, 4) is 0 Å². The summed E-state index contributed by atoms with van der Waals surface area (Å²) >= 11 is 1.39. The molecule has 0 amide bonds. The molecule has 0 radical (unpaired) electrons. The SMILES string of the molecule is CCCc1nnsc1C(O)C1CCCC(CC)C1. The van der Waals surface area contributed by atoms with Gasteiger partial charge in [-0.25, -0.2) is 0 Å². The summed E-state index contributed by atoms with van der Waals surface area (Å²) in [5.41, 5.74) is 1.02. The Hall–Kier alpha value is -0.480. The Morgan fingerprint density at radius 3 is 2.94 bits per heavy atom. The predicted octanol–water partition coefficient (Wildman–Crippen LogP) is 3.74. The minimum Gasteiger partial charge on any atom is -0.387 e. The lowest BCUT2D eigenvalue weighted by Gasteiger charge is -2.31. The lowest BCUT2D eigenvalue weighted by molar-refractivity contribution is 0.0697. The fraction of sp³-hybridized carbons (Fsp3) is 0.857. The first-order valence-corrected chi connectivity index (χ1v) is 8.02. The van der Waals surface area contributed by atoms with Gasteiger partial charge in [-0.15, -0.1) is 5.10 Å². The molecule has 1 N–H and O–H groups in total. The summed E-state index contributed by atoms with van der Waals surface area (Å²) in [6.45, 7) is 4.40. The molecule has 1 fully saturated rings. The highest BCUT2D eigenvalue weighted by Crippen LogP contribution is 2.40. The minimum absolute atomic E-state index is 0.333. The zero-order valence-electron chi connectivity index (χ0n) is 11.4. The standard InChI is InChI=1S/C14H24N2OS/c1-3-6-12-14(18-16-15-12)13(17)11-8-5-7-10(4-2)9-11/h10-11,13,17H,3-9H2,1-2H3. The maximum Gasteiger partial charge on any atom is 0.0945 e. The van der Waals surface area contributed by atoms with Crippen LogP contribution < -0.4 is 0 Å². The van der Waals surface area contributed by atoms with Crippen LogP contribution in [0.3, 0.4) is 0 Å². The molecule has 3 unspecified atom stereocenters. The molecule has 0 spiro atoms. The van der Waals surface area contributed by atoms with Crippen molar-refractivity contribution in [1.82, 2.24) is 9.59 Å². The van der Waals surface area contributed by atoms with Crippen molar-refractivity contribution >= 4 is 11.5 Å². The van der Waals surface area contributed by atoms with Gasteiger partial charge < -0.3 is 5.11 Å². The molecule has 0 bridgehead atoms. The van der Waals surface area contributed by atoms with Gasteiger partial charge in [-0.05, 0) is 42.6 Å². The second-order valence-electron chi connectivity index (χ2n) is 5.48. The topological polar surface area (TPSA) is 46.0 Å². The second-order valence-corrected chi connectivity index (χ2v) is 6.27. The average Bonchev–Trinajstić information content (AvgIpc) is 2.86. The van der Waals surface area contributed by atoms with Crippen LogP contribution in [0.1, 0.15) is 69.0 Å². The molecule has 1 aromatic rings. The van der Waals surface area contributed by atoms with Gasteiger partial charge in [0.2, 0.25) is 0 Å². The summed E-state index contributed by atoms with van der Waals surface area (Å²) in [6.07, 6.45) is 7.83. The zero-order valence-corrected chi connectivity index (χ0v) is 12.2. The number of aliphatic hydroxyl groups is 1. The largest absolute Gasteiger partial charge is 0.387 e. The first kappa shape index (κ1) is 13.9. The average molecular weight is 268 g/mol. The predicted molar refractivity (Wildman–Crippen MR) is 74.6 cm³/mol. The third-order valence-electron chi connectivity index (χ3n) is 4.19. The van der Waals surface area contributed by atoms with E-state index >= 15 is 0 Å². The van der Waals surface area contributed by atoms with Gasteiger partial charge in [0.25, 0.3) is 0 Å². The zero-order chi connectivity index (χ0) is 13.0. The minimum atomic E-state index is -0.333. The number of hydrogen-bond donors (Lipinski definition) is 1. The van der Waals surface area contributed by atoms with Crippen molar-refractivity contribution in [2.45, 2.75) is 64.9 Å². The molecule has 1 aliphatic carbocycles. The summed E-state index contributed by atoms with van der Waals surface area (Å²) in [7, 11) is 0. The summed E-state index contributed by atoms with van der Waals surface area (Å²) < 4.78 is 4.03. The highest BCUT2D eigenvalue weighted by molar-refractivity contribution is 7.05. The molecule has 1 aliphatic rings. The van der Waals surface area contributed by atoms with Crippen LogP contribution in [0.4, 0.5) is 0 Å². The van der Waals surface area contributed by atoms with Crippen LogP contribution in [0, 0.1) is 11.8 Å². The van der Waals surface area contributed by atoms with Crippen LogP contribution in [0.15, 0.2) is 0 Å². The molecule has 102 valence electrons. The molecule has 1 heterocycles. The van der Waals surface area contributed by atoms with Gasteiger partial charge in [-0.3, -0.25) is 0 Å². The van der Waals surface area contributed by atoms with Crippen molar-refractivity contribution in [3.05, 3.63) is 10.6 Å². The van der Waals surface area contributed by atoms with Gasteiger partial charge in [0.05, 0.1) is 16.7 Å². The molecule has 0 aromatic carbocycles. The Morgan fingerprint density at radius 1 is 1.39 bits per heavy atom. The second kappa shape index (κ2) is 6.62. The van der Waals surface area contributed by atoms with Crippen molar-refractivity contribution < 1.29 is 5.11 Å². The summed E-state index contributed by atoms with van der Waals surface area (Å²) in [6, 6.07) is 0. The van der Waals surface area contributed by atoms with Crippen molar-refractivity contribution in [2.75, 3.05) is 0 Å². The number of hydrogen-bond acceptors (Lipinski definition) is 4. The molecular weight excluding hydrogens is 244 g/mol. The normalized spacial score (nSPS) is 26.2. The van der Waals surface area contributed by atoms with Crippen LogP contribution in [0.2, 0.25) is 0 Å². The first-order chi connectivity index (χ1) is 8.76. The molecule has 1 aromatic heterocycles. The van der Waals surface area contributed by atoms with E-state index in [0.717, 1.165) is 35.8 Å². The summed E-state index contributed by atoms with van der Waals surface area (Å²) in [5, 5.41) is 14.8. The van der Waals surface area contributed by atoms with Gasteiger partial charge >= 0.3 is 0 Å². The lowest BCUT2D eigenvalue weighted by atomic mass is 9.77. The first-order valence-electron chi connectivity index (χ1n) is 7.25. The highest BCUT2D eigenvalue weighted by atomic mass is 32.1. The molecule has 0 saturated heterocycles. The maximum atomic E-state index is 10.6. The number of aromatic nitrogens is 2. The molecule has 18 heavy (non-hydrogen) atoms. The lowest BCUT2D eigenvalue weighted by Crippen LogP contribution is -2.21. The van der Waals surface area contributed by atoms with E-state index < -0.39 is 0 Å². The van der Waals surface area contributed by atoms with Crippen molar-refractivity contribution in [3.63, 3.8) is 0 Å². The van der Waals surface area contributed by atoms with Gasteiger partial charge in [0, 0.05) is 0 Å². The molecule has 3 atom stereocenters. The van der Waals surface area contributed by atoms with Gasteiger partial charge in [-0.1, -0.05) is 44.0 Å². The van der Waals surface area contributed by atoms with E-state index in [0.29, 0.717) is 5.92 Å².